The molecule has 3 aromatic rings. The van der Waals surface area contributed by atoms with Crippen LogP contribution in [0.25, 0.3) is 0 Å². The molecule has 0 aliphatic carbocycles. The number of carbonyl (C=O) groups excluding carboxylic acids is 3. The number of aliphatic carboxylic acids is 1. The van der Waals surface area contributed by atoms with Crippen LogP contribution in [0.1, 0.15) is 11.4 Å². The third-order valence-electron chi connectivity index (χ3n) is 6.04. The van der Waals surface area contributed by atoms with Crippen LogP contribution in [0.2, 0.25) is 0 Å². The molecule has 13 nitrogen and oxygen atoms in total. The second kappa shape index (κ2) is 10.5. The highest BCUT2D eigenvalue weighted by molar-refractivity contribution is 8.00. The number of hydrogen-bond donors (Lipinski definition) is 3. The summed E-state index contributed by atoms with van der Waals surface area (Å²) in [4.78, 5) is 53.3. The number of nitrogens with one attached hydrogen (secondary N) is 1. The third kappa shape index (κ3) is 5.14. The number of thiazole rings is 2. The second-order valence-electron chi connectivity index (χ2n) is 8.70. The van der Waals surface area contributed by atoms with Gasteiger partial charge in [0.15, 0.2) is 41.5 Å². The molecule has 5 N–H and O–H groups in total. The van der Waals surface area contributed by atoms with E-state index in [1.807, 2.05) is 6.07 Å². The lowest BCUT2D eigenvalue weighted by Crippen LogP contribution is -2.75. The zero-order valence-corrected chi connectivity index (χ0v) is 22.1. The molecule has 198 valence electrons. The molecular formula is C22H22N8O5S3. The molecule has 2 unspecified atom stereocenters. The lowest BCUT2D eigenvalue weighted by atomic mass is 9.86. The van der Waals surface area contributed by atoms with E-state index < -0.39 is 34.6 Å². The molecule has 5 rings (SSSR count). The number of nitrogen functional groups attached to an aromatic ring is 2. The fraction of sp³-hybridized carbons (Fsp3) is 0.318. The van der Waals surface area contributed by atoms with Crippen LogP contribution in [0, 0.1) is 5.41 Å². The Morgan fingerprint density at radius 2 is 1.95 bits per heavy atom. The minimum absolute atomic E-state index is 0.0243. The Morgan fingerprint density at radius 3 is 2.61 bits per heavy atom. The molecule has 2 aliphatic rings. The minimum Gasteiger partial charge on any atom is -0.549 e. The van der Waals surface area contributed by atoms with Gasteiger partial charge >= 0.3 is 0 Å². The normalized spacial score (nSPS) is 22.9. The molecule has 0 radical (unpaired) electrons. The molecular weight excluding hydrogens is 552 g/mol. The molecule has 2 amide bonds. The first-order chi connectivity index (χ1) is 18.3. The minimum atomic E-state index is -1.27. The van der Waals surface area contributed by atoms with Crippen LogP contribution in [-0.4, -0.2) is 62.1 Å². The Labute approximate surface area is 228 Å². The van der Waals surface area contributed by atoms with Crippen LogP contribution < -0.4 is 26.5 Å². The molecule has 5 heterocycles. The van der Waals surface area contributed by atoms with Gasteiger partial charge in [-0.3, -0.25) is 9.59 Å². The topological polar surface area (TPSA) is 193 Å². The van der Waals surface area contributed by atoms with E-state index in [9.17, 15) is 19.5 Å². The number of anilines is 2. The van der Waals surface area contributed by atoms with Crippen molar-refractivity contribution in [1.82, 2.24) is 20.2 Å². The summed E-state index contributed by atoms with van der Waals surface area (Å²) in [6, 6.07) is 4.56. The lowest BCUT2D eigenvalue weighted by Gasteiger charge is -2.54. The Morgan fingerprint density at radius 1 is 1.21 bits per heavy atom. The van der Waals surface area contributed by atoms with Gasteiger partial charge < -0.3 is 36.4 Å². The Kier molecular flexibility index (Phi) is 7.18. The van der Waals surface area contributed by atoms with Crippen LogP contribution in [0.4, 0.5) is 10.3 Å². The summed E-state index contributed by atoms with van der Waals surface area (Å²) in [6.45, 7) is 0.105. The van der Waals surface area contributed by atoms with E-state index in [1.165, 1.54) is 28.0 Å². The predicted molar refractivity (Wildman–Crippen MR) is 138 cm³/mol. The molecule has 0 spiro atoms. The van der Waals surface area contributed by atoms with Crippen LogP contribution >= 0.6 is 34.4 Å². The van der Waals surface area contributed by atoms with Gasteiger partial charge in [-0.15, -0.1) is 34.4 Å². The van der Waals surface area contributed by atoms with E-state index in [1.54, 1.807) is 39.9 Å². The quantitative estimate of drug-likeness (QED) is 0.121. The summed E-state index contributed by atoms with van der Waals surface area (Å²) in [6.07, 6.45) is 3.53. The summed E-state index contributed by atoms with van der Waals surface area (Å²) in [5.41, 5.74) is 10.7. The number of rotatable bonds is 9. The van der Waals surface area contributed by atoms with Crippen molar-refractivity contribution in [2.24, 2.45) is 10.6 Å². The fourth-order valence-electron chi connectivity index (χ4n) is 4.16. The number of carboxylic acid groups (broad SMARTS) is 1. The number of pyridine rings is 1. The van der Waals surface area contributed by atoms with Gasteiger partial charge in [0.2, 0.25) is 5.91 Å². The molecule has 0 bridgehead atoms. The maximum absolute atomic E-state index is 13.2. The number of carbonyl (C=O) groups is 3. The SMILES string of the molecule is Nc1nc(CON=C(C(=O)NC2C(=O)N3CC(C[n+]4ccccc4)(C(=O)[O-])CS[C@H]23)c2csc(N)n2)cs1. The average Bonchev–Trinajstić information content (AvgIpc) is 3.53. The van der Waals surface area contributed by atoms with Crippen LogP contribution in [0.5, 0.6) is 0 Å². The van der Waals surface area contributed by atoms with E-state index in [0.717, 1.165) is 11.3 Å². The van der Waals surface area contributed by atoms with Crippen molar-refractivity contribution in [3.63, 3.8) is 0 Å². The first-order valence-corrected chi connectivity index (χ1v) is 14.1. The lowest BCUT2D eigenvalue weighted by molar-refractivity contribution is -0.707. The molecule has 2 aliphatic heterocycles. The van der Waals surface area contributed by atoms with E-state index in [0.29, 0.717) is 10.8 Å². The van der Waals surface area contributed by atoms with Crippen LogP contribution in [0.15, 0.2) is 46.5 Å². The highest BCUT2D eigenvalue weighted by Crippen LogP contribution is 2.42. The summed E-state index contributed by atoms with van der Waals surface area (Å²) in [5.74, 6) is -2.09. The van der Waals surface area contributed by atoms with Gasteiger partial charge in [-0.25, -0.2) is 14.5 Å². The smallest absolute Gasteiger partial charge is 0.276 e. The molecule has 2 saturated heterocycles. The molecule has 38 heavy (non-hydrogen) atoms. The van der Waals surface area contributed by atoms with E-state index in [4.69, 9.17) is 16.3 Å². The van der Waals surface area contributed by atoms with E-state index >= 15 is 0 Å². The standard InChI is InChI=1S/C22H22N8O5S3/c23-20-25-12(7-36-20)6-35-28-14(13-8-37-21(24)26-13)16(31)27-15-17(32)30-10-22(19(33)34,11-38-18(15)30)9-29-4-2-1-3-5-29/h1-5,7-8,15,18H,6,9-11H2,(H5-,23,24,25,26,27,31,33,34)/t15?,18-,22?/m1/s1. The number of β-lactam (4-membered cyclic amide) rings is 1. The Balaban J connectivity index is 1.27. The number of thioether (sulfide) groups is 1. The van der Waals surface area contributed by atoms with Gasteiger partial charge in [0, 0.05) is 35.2 Å². The summed E-state index contributed by atoms with van der Waals surface area (Å²) in [7, 11) is 0. The Hall–Kier alpha value is -3.76. The number of hydrogen-bond acceptors (Lipinski definition) is 13. The van der Waals surface area contributed by atoms with Crippen molar-refractivity contribution in [2.45, 2.75) is 24.6 Å². The van der Waals surface area contributed by atoms with Crippen LogP contribution in [0.3, 0.4) is 0 Å². The number of carboxylic acids is 1. The summed E-state index contributed by atoms with van der Waals surface area (Å²) < 4.78 is 1.75. The highest BCUT2D eigenvalue weighted by atomic mass is 32.2. The van der Waals surface area contributed by atoms with Crippen molar-refractivity contribution in [3.05, 3.63) is 52.7 Å². The maximum atomic E-state index is 13.2. The molecule has 3 aromatic heterocycles. The number of nitrogens with two attached hydrogens (primary N) is 2. The molecule has 0 aromatic carbocycles. The van der Waals surface area contributed by atoms with Crippen LogP contribution in [-0.2, 0) is 32.4 Å². The Bertz CT molecular complexity index is 1400. The van der Waals surface area contributed by atoms with Gasteiger partial charge in [-0.1, -0.05) is 11.2 Å². The van der Waals surface area contributed by atoms with Gasteiger partial charge in [-0.05, 0) is 0 Å². The summed E-state index contributed by atoms with van der Waals surface area (Å²) in [5, 5.41) is 22.2. The van der Waals surface area contributed by atoms with Crippen molar-refractivity contribution >= 4 is 68.2 Å². The molecule has 16 heteroatoms. The number of nitrogens with zero attached hydrogens (tertiary/aromatic N) is 5. The van der Waals surface area contributed by atoms with E-state index in [2.05, 4.69) is 20.4 Å². The third-order valence-corrected chi connectivity index (χ3v) is 9.03. The van der Waals surface area contributed by atoms with Gasteiger partial charge in [0.05, 0.1) is 17.1 Å². The van der Waals surface area contributed by atoms with Crippen molar-refractivity contribution in [2.75, 3.05) is 23.8 Å². The van der Waals surface area contributed by atoms with Crippen molar-refractivity contribution < 1.29 is 28.9 Å². The van der Waals surface area contributed by atoms with Gasteiger partial charge in [-0.2, -0.15) is 0 Å². The molecule has 2 fully saturated rings. The van der Waals surface area contributed by atoms with Gasteiger partial charge in [0.25, 0.3) is 5.91 Å². The number of fused-ring (bicyclic) bond motifs is 1. The maximum Gasteiger partial charge on any atom is 0.276 e. The average molecular weight is 575 g/mol. The highest BCUT2D eigenvalue weighted by Gasteiger charge is 2.57. The van der Waals surface area contributed by atoms with E-state index in [-0.39, 0.29) is 42.0 Å². The molecule has 3 atom stereocenters. The predicted octanol–water partition coefficient (Wildman–Crippen LogP) is -1.19. The largest absolute Gasteiger partial charge is 0.549 e. The second-order valence-corrected chi connectivity index (χ2v) is 11.6. The number of aromatic nitrogens is 3. The fourth-order valence-corrected chi connectivity index (χ4v) is 6.78. The molecule has 0 saturated carbocycles. The van der Waals surface area contributed by atoms with Gasteiger partial charge in [0.1, 0.15) is 17.1 Å². The zero-order chi connectivity index (χ0) is 26.9. The first kappa shape index (κ1) is 25.9. The monoisotopic (exact) mass is 574 g/mol. The number of amides is 2. The van der Waals surface area contributed by atoms with Crippen molar-refractivity contribution in [3.8, 4) is 0 Å². The zero-order valence-electron chi connectivity index (χ0n) is 19.7. The number of oxime groups is 1. The first-order valence-electron chi connectivity index (χ1n) is 11.3. The summed E-state index contributed by atoms with van der Waals surface area (Å²) >= 11 is 3.65. The van der Waals surface area contributed by atoms with Crippen molar-refractivity contribution in [1.29, 1.82) is 0 Å².